The van der Waals surface area contributed by atoms with Crippen molar-refractivity contribution in [3.63, 3.8) is 0 Å². The molecule has 0 radical (unpaired) electrons. The van der Waals surface area contributed by atoms with Crippen LogP contribution in [0.3, 0.4) is 0 Å². The maximum Gasteiger partial charge on any atom is 0.305 e. The van der Waals surface area contributed by atoms with Crippen LogP contribution >= 0.6 is 0 Å². The molecule has 0 heterocycles. The summed E-state index contributed by atoms with van der Waals surface area (Å²) < 4.78 is 5.65. The van der Waals surface area contributed by atoms with E-state index in [9.17, 15) is 15.0 Å². The van der Waals surface area contributed by atoms with Gasteiger partial charge < -0.3 is 14.9 Å². The lowest BCUT2D eigenvalue weighted by molar-refractivity contribution is -0.290. The summed E-state index contributed by atoms with van der Waals surface area (Å²) in [6.45, 7) is 13.2. The number of fused-ring (bicyclic) bond motifs is 5. The van der Waals surface area contributed by atoms with E-state index >= 15 is 0 Å². The van der Waals surface area contributed by atoms with Crippen LogP contribution in [-0.2, 0) is 9.53 Å². The molecule has 4 rings (SSSR count). The van der Waals surface area contributed by atoms with E-state index in [-0.39, 0.29) is 6.42 Å². The third kappa shape index (κ3) is 4.11. The number of allylic oxidation sites excluding steroid dienone is 1. The number of aliphatic hydroxyl groups is 2. The first-order valence-corrected chi connectivity index (χ1v) is 13.7. The molecule has 4 nitrogen and oxygen atoms in total. The fourth-order valence-corrected chi connectivity index (χ4v) is 9.16. The van der Waals surface area contributed by atoms with E-state index < -0.39 is 23.3 Å². The topological polar surface area (TPSA) is 66.8 Å². The Labute approximate surface area is 201 Å². The van der Waals surface area contributed by atoms with Crippen molar-refractivity contribution < 1.29 is 19.7 Å². The second kappa shape index (κ2) is 8.97. The van der Waals surface area contributed by atoms with Gasteiger partial charge in [-0.15, -0.1) is 0 Å². The second-order valence-electron chi connectivity index (χ2n) is 13.0. The van der Waals surface area contributed by atoms with Crippen molar-refractivity contribution in [1.29, 1.82) is 0 Å². The Balaban J connectivity index is 1.59. The lowest BCUT2D eigenvalue weighted by atomic mass is 9.45. The van der Waals surface area contributed by atoms with Gasteiger partial charge in [-0.3, -0.25) is 4.79 Å². The van der Waals surface area contributed by atoms with Crippen LogP contribution in [0.15, 0.2) is 11.6 Å². The number of hydrogen-bond donors (Lipinski definition) is 2. The molecule has 0 spiro atoms. The zero-order valence-electron chi connectivity index (χ0n) is 21.9. The summed E-state index contributed by atoms with van der Waals surface area (Å²) in [5.41, 5.74) is 0.864. The molecule has 4 aliphatic rings. The predicted molar refractivity (Wildman–Crippen MR) is 131 cm³/mol. The summed E-state index contributed by atoms with van der Waals surface area (Å²) in [6.07, 6.45) is 12.2. The van der Waals surface area contributed by atoms with Crippen LogP contribution in [0.25, 0.3) is 0 Å². The molecule has 4 aliphatic carbocycles. The molecule has 0 aromatic heterocycles. The molecule has 2 N–H and O–H groups in total. The highest BCUT2D eigenvalue weighted by atomic mass is 16.7. The van der Waals surface area contributed by atoms with Crippen molar-refractivity contribution in [2.75, 3.05) is 0 Å². The number of esters is 1. The van der Waals surface area contributed by atoms with Gasteiger partial charge in [0.05, 0.1) is 11.5 Å². The quantitative estimate of drug-likeness (QED) is 0.279. The van der Waals surface area contributed by atoms with Crippen molar-refractivity contribution in [1.82, 2.24) is 0 Å². The summed E-state index contributed by atoms with van der Waals surface area (Å²) in [5, 5.41) is 22.3. The molecule has 188 valence electrons. The molecule has 0 amide bonds. The van der Waals surface area contributed by atoms with E-state index in [2.05, 4.69) is 40.7 Å². The fraction of sp³-hybridized carbons (Fsp3) is 0.897. The molecule has 3 saturated carbocycles. The normalized spacial score (nSPS) is 45.6. The van der Waals surface area contributed by atoms with Gasteiger partial charge in [-0.2, -0.15) is 0 Å². The molecule has 4 heteroatoms. The first-order valence-electron chi connectivity index (χ1n) is 13.7. The maximum atomic E-state index is 12.0. The van der Waals surface area contributed by atoms with E-state index in [1.54, 1.807) is 0 Å². The van der Waals surface area contributed by atoms with E-state index in [0.29, 0.717) is 29.6 Å². The van der Waals surface area contributed by atoms with Gasteiger partial charge in [-0.25, -0.2) is 0 Å². The van der Waals surface area contributed by atoms with Crippen molar-refractivity contribution >= 4 is 5.97 Å². The van der Waals surface area contributed by atoms with E-state index in [1.165, 1.54) is 45.4 Å². The third-order valence-electron chi connectivity index (χ3n) is 10.8. The van der Waals surface area contributed by atoms with Crippen LogP contribution in [0.5, 0.6) is 0 Å². The molecule has 33 heavy (non-hydrogen) atoms. The Kier molecular flexibility index (Phi) is 6.86. The zero-order valence-corrected chi connectivity index (χ0v) is 21.9. The average Bonchev–Trinajstić information content (AvgIpc) is 3.05. The number of carbonyl (C=O) groups excluding carboxylic acids is 1. The lowest BCUT2D eigenvalue weighted by Gasteiger charge is -2.62. The SMILES string of the molecule is CC(=O)OC1(O)C[C@@H](O)CC2=CC[C@H]3[C@@H]4CC[C@H]([C@H](C)CCCC(C)C)[C@@]4(C)CC[C@@H]3[C@]21C. The highest BCUT2D eigenvalue weighted by Crippen LogP contribution is 2.68. The maximum absolute atomic E-state index is 12.0. The van der Waals surface area contributed by atoms with Gasteiger partial charge in [-0.05, 0) is 86.4 Å². The molecule has 3 fully saturated rings. The van der Waals surface area contributed by atoms with Gasteiger partial charge in [0.25, 0.3) is 0 Å². The molecule has 0 aromatic rings. The van der Waals surface area contributed by atoms with Crippen LogP contribution in [0, 0.1) is 46.3 Å². The van der Waals surface area contributed by atoms with E-state index in [4.69, 9.17) is 4.74 Å². The van der Waals surface area contributed by atoms with Crippen molar-refractivity contribution in [2.24, 2.45) is 46.3 Å². The summed E-state index contributed by atoms with van der Waals surface area (Å²) in [5.74, 6) is 1.72. The molecule has 9 atom stereocenters. The molecule has 0 aromatic carbocycles. The smallest absolute Gasteiger partial charge is 0.305 e. The Bertz CT molecular complexity index is 774. The van der Waals surface area contributed by atoms with Crippen LogP contribution < -0.4 is 0 Å². The molecule has 1 unspecified atom stereocenters. The zero-order chi connectivity index (χ0) is 24.2. The van der Waals surface area contributed by atoms with Gasteiger partial charge in [0.15, 0.2) is 0 Å². The number of ether oxygens (including phenoxy) is 1. The third-order valence-corrected chi connectivity index (χ3v) is 10.8. The van der Waals surface area contributed by atoms with Crippen molar-refractivity contribution in [3.05, 3.63) is 11.6 Å². The van der Waals surface area contributed by atoms with Gasteiger partial charge >= 0.3 is 5.97 Å². The standard InChI is InChI=1S/C29H48O4/c1-18(2)8-7-9-19(3)24-12-13-25-23-11-10-21-16-22(31)17-29(32,33-20(4)30)28(21,6)26(23)14-15-27(24,25)5/h10,18-19,22-26,31-32H,7-9,11-17H2,1-6H3/t19-,22+,23+,24-,25+,26+,27-,28+,29?/m1/s1. The second-order valence-corrected chi connectivity index (χ2v) is 13.0. The predicted octanol–water partition coefficient (Wildman–Crippen LogP) is 6.25. The van der Waals surface area contributed by atoms with E-state index in [1.807, 2.05) is 0 Å². The molecule has 0 aliphatic heterocycles. The van der Waals surface area contributed by atoms with Gasteiger partial charge in [-0.1, -0.05) is 58.6 Å². The van der Waals surface area contributed by atoms with Crippen LogP contribution in [0.4, 0.5) is 0 Å². The summed E-state index contributed by atoms with van der Waals surface area (Å²) in [7, 11) is 0. The van der Waals surface area contributed by atoms with Gasteiger partial charge in [0, 0.05) is 13.3 Å². The molecule has 0 saturated heterocycles. The van der Waals surface area contributed by atoms with Crippen LogP contribution in [0.2, 0.25) is 0 Å². The Morgan fingerprint density at radius 2 is 1.88 bits per heavy atom. The summed E-state index contributed by atoms with van der Waals surface area (Å²) in [4.78, 5) is 12.0. The largest absolute Gasteiger partial charge is 0.432 e. The summed E-state index contributed by atoms with van der Waals surface area (Å²) >= 11 is 0. The Morgan fingerprint density at radius 3 is 2.55 bits per heavy atom. The van der Waals surface area contributed by atoms with Crippen LogP contribution in [0.1, 0.15) is 106 Å². The van der Waals surface area contributed by atoms with Gasteiger partial charge in [0.2, 0.25) is 5.79 Å². The number of hydrogen-bond acceptors (Lipinski definition) is 4. The first kappa shape index (κ1) is 25.2. The summed E-state index contributed by atoms with van der Waals surface area (Å²) in [6, 6.07) is 0. The Morgan fingerprint density at radius 1 is 1.15 bits per heavy atom. The lowest BCUT2D eigenvalue weighted by Crippen LogP contribution is -2.63. The van der Waals surface area contributed by atoms with Crippen molar-refractivity contribution in [2.45, 2.75) is 118 Å². The minimum absolute atomic E-state index is 0.112. The minimum atomic E-state index is -1.62. The number of aliphatic hydroxyl groups excluding tert-OH is 1. The molecular weight excluding hydrogens is 412 g/mol. The number of carbonyl (C=O) groups is 1. The minimum Gasteiger partial charge on any atom is -0.432 e. The average molecular weight is 461 g/mol. The van der Waals surface area contributed by atoms with Gasteiger partial charge in [0.1, 0.15) is 0 Å². The monoisotopic (exact) mass is 460 g/mol. The van der Waals surface area contributed by atoms with Crippen LogP contribution in [-0.4, -0.2) is 28.1 Å². The number of rotatable bonds is 6. The molecule has 0 bridgehead atoms. The highest BCUT2D eigenvalue weighted by molar-refractivity contribution is 5.66. The highest BCUT2D eigenvalue weighted by Gasteiger charge is 2.66. The fourth-order valence-electron chi connectivity index (χ4n) is 9.16. The molecular formula is C29H48O4. The first-order chi connectivity index (χ1) is 15.4. The Hall–Kier alpha value is -0.870. The van der Waals surface area contributed by atoms with Crippen molar-refractivity contribution in [3.8, 4) is 0 Å². The van der Waals surface area contributed by atoms with E-state index in [0.717, 1.165) is 36.2 Å².